The van der Waals surface area contributed by atoms with Gasteiger partial charge in [-0.2, -0.15) is 0 Å². The molecular weight excluding hydrogens is 454 g/mol. The number of ether oxygens (including phenoxy) is 2. The van der Waals surface area contributed by atoms with Gasteiger partial charge in [0, 0.05) is 11.6 Å². The van der Waals surface area contributed by atoms with E-state index in [2.05, 4.69) is 6.92 Å². The van der Waals surface area contributed by atoms with Crippen molar-refractivity contribution in [1.82, 2.24) is 4.90 Å². The van der Waals surface area contributed by atoms with Gasteiger partial charge in [0.25, 0.3) is 5.91 Å². The zero-order valence-electron chi connectivity index (χ0n) is 20.1. The average Bonchev–Trinajstić information content (AvgIpc) is 3.09. The van der Waals surface area contributed by atoms with Gasteiger partial charge >= 0.3 is 0 Å². The van der Waals surface area contributed by atoms with Gasteiger partial charge in [0.2, 0.25) is 5.76 Å². The van der Waals surface area contributed by atoms with Crippen LogP contribution < -0.4 is 14.9 Å². The molecule has 1 atom stereocenters. The summed E-state index contributed by atoms with van der Waals surface area (Å²) >= 11 is 6.31. The number of aryl methyl sites for hydroxylation is 1. The van der Waals surface area contributed by atoms with Gasteiger partial charge in [-0.3, -0.25) is 9.59 Å². The second-order valence-electron chi connectivity index (χ2n) is 8.51. The molecule has 1 aromatic heterocycles. The third kappa shape index (κ3) is 4.27. The molecule has 0 fully saturated rings. The maximum Gasteiger partial charge on any atom is 0.290 e. The lowest BCUT2D eigenvalue weighted by molar-refractivity contribution is 0.0728. The second kappa shape index (κ2) is 10.1. The highest BCUT2D eigenvalue weighted by atomic mass is 35.5. The van der Waals surface area contributed by atoms with Gasteiger partial charge in [0.15, 0.2) is 16.9 Å². The van der Waals surface area contributed by atoms with E-state index in [9.17, 15) is 9.59 Å². The predicted molar refractivity (Wildman–Crippen MR) is 133 cm³/mol. The van der Waals surface area contributed by atoms with E-state index in [0.29, 0.717) is 52.8 Å². The smallest absolute Gasteiger partial charge is 0.290 e. The molecule has 1 unspecified atom stereocenters. The molecule has 2 heterocycles. The summed E-state index contributed by atoms with van der Waals surface area (Å²) in [5, 5.41) is 0.855. The average molecular weight is 484 g/mol. The molecule has 1 amide bonds. The minimum atomic E-state index is -0.577. The van der Waals surface area contributed by atoms with Gasteiger partial charge in [-0.15, -0.1) is 0 Å². The monoisotopic (exact) mass is 483 g/mol. The number of halogens is 1. The molecule has 0 spiro atoms. The molecule has 7 heteroatoms. The number of carbonyl (C=O) groups is 1. The van der Waals surface area contributed by atoms with Crippen LogP contribution >= 0.6 is 11.6 Å². The van der Waals surface area contributed by atoms with Crippen molar-refractivity contribution >= 4 is 28.5 Å². The number of hydrogen-bond acceptors (Lipinski definition) is 5. The number of hydrogen-bond donors (Lipinski definition) is 0. The molecule has 0 aliphatic carbocycles. The van der Waals surface area contributed by atoms with Crippen LogP contribution in [0.15, 0.2) is 39.5 Å². The highest BCUT2D eigenvalue weighted by Gasteiger charge is 2.42. The fourth-order valence-corrected chi connectivity index (χ4v) is 4.53. The van der Waals surface area contributed by atoms with Crippen molar-refractivity contribution in [3.63, 3.8) is 0 Å². The summed E-state index contributed by atoms with van der Waals surface area (Å²) in [6.07, 6.45) is 2.71. The third-order valence-corrected chi connectivity index (χ3v) is 6.46. The first-order valence-corrected chi connectivity index (χ1v) is 12.3. The normalized spacial score (nSPS) is 15.1. The fraction of sp³-hybridized carbons (Fsp3) is 0.407. The highest BCUT2D eigenvalue weighted by molar-refractivity contribution is 6.32. The molecule has 1 aliphatic heterocycles. The number of unbranched alkanes of at least 4 members (excludes halogenated alkanes) is 1. The van der Waals surface area contributed by atoms with Gasteiger partial charge in [-0.1, -0.05) is 37.9 Å². The Morgan fingerprint density at radius 2 is 1.82 bits per heavy atom. The van der Waals surface area contributed by atoms with Crippen LogP contribution in [0.5, 0.6) is 11.5 Å². The lowest BCUT2D eigenvalue weighted by atomic mass is 9.97. The van der Waals surface area contributed by atoms with Crippen molar-refractivity contribution in [2.45, 2.75) is 53.0 Å². The molecule has 0 saturated heterocycles. The van der Waals surface area contributed by atoms with Gasteiger partial charge in [-0.05, 0) is 62.1 Å². The molecule has 0 N–H and O–H groups in total. The minimum Gasteiger partial charge on any atom is -0.490 e. The first-order chi connectivity index (χ1) is 16.4. The quantitative estimate of drug-likeness (QED) is 0.334. The van der Waals surface area contributed by atoms with Crippen molar-refractivity contribution in [3.05, 3.63) is 68.0 Å². The molecule has 1 aliphatic rings. The van der Waals surface area contributed by atoms with Crippen LogP contribution in [-0.4, -0.2) is 30.6 Å². The molecular formula is C27H30ClNO5. The standard InChI is InChI=1S/C27H30ClNO5/c1-5-8-12-33-20-10-9-17(14-22(20)32-7-3)24-23-25(30)18-15-19(28)16(4)13-21(18)34-26(23)27(31)29(24)11-6-2/h9-10,13-15,24H,5-8,11-12H2,1-4H3. The number of fused-ring (bicyclic) bond motifs is 2. The van der Waals surface area contributed by atoms with E-state index >= 15 is 0 Å². The Balaban J connectivity index is 1.88. The molecule has 4 rings (SSSR count). The van der Waals surface area contributed by atoms with Gasteiger partial charge in [0.05, 0.1) is 30.2 Å². The molecule has 0 bridgehead atoms. The van der Waals surface area contributed by atoms with Crippen molar-refractivity contribution in [2.75, 3.05) is 19.8 Å². The summed E-state index contributed by atoms with van der Waals surface area (Å²) in [4.78, 5) is 28.7. The fourth-order valence-electron chi connectivity index (χ4n) is 4.37. The van der Waals surface area contributed by atoms with Gasteiger partial charge in [0.1, 0.15) is 5.58 Å². The Kier molecular flexibility index (Phi) is 7.17. The SMILES string of the molecule is CCCCOc1ccc(C2c3c(oc4cc(C)c(Cl)cc4c3=O)C(=O)N2CCC)cc1OCC. The second-order valence-corrected chi connectivity index (χ2v) is 8.92. The predicted octanol–water partition coefficient (Wildman–Crippen LogP) is 6.29. The van der Waals surface area contributed by atoms with E-state index in [-0.39, 0.29) is 17.1 Å². The molecule has 0 radical (unpaired) electrons. The lowest BCUT2D eigenvalue weighted by Crippen LogP contribution is -2.30. The molecule has 6 nitrogen and oxygen atoms in total. The van der Waals surface area contributed by atoms with Crippen LogP contribution in [0.2, 0.25) is 5.02 Å². The summed E-state index contributed by atoms with van der Waals surface area (Å²) in [5.74, 6) is 1.06. The van der Waals surface area contributed by atoms with Crippen molar-refractivity contribution in [3.8, 4) is 11.5 Å². The van der Waals surface area contributed by atoms with Gasteiger partial charge in [-0.25, -0.2) is 0 Å². The number of carbonyl (C=O) groups excluding carboxylic acids is 1. The first-order valence-electron chi connectivity index (χ1n) is 11.9. The van der Waals surface area contributed by atoms with Crippen LogP contribution in [-0.2, 0) is 0 Å². The van der Waals surface area contributed by atoms with E-state index in [0.717, 1.165) is 30.4 Å². The lowest BCUT2D eigenvalue weighted by Gasteiger charge is -2.25. The zero-order chi connectivity index (χ0) is 24.4. The number of nitrogens with zero attached hydrogens (tertiary/aromatic N) is 1. The Morgan fingerprint density at radius 1 is 1.03 bits per heavy atom. The van der Waals surface area contributed by atoms with Crippen LogP contribution in [0.4, 0.5) is 0 Å². The third-order valence-electron chi connectivity index (χ3n) is 6.05. The number of amides is 1. The largest absolute Gasteiger partial charge is 0.490 e. The van der Waals surface area contributed by atoms with Crippen LogP contribution in [0.25, 0.3) is 11.0 Å². The number of benzene rings is 2. The first kappa shape index (κ1) is 24.1. The van der Waals surface area contributed by atoms with E-state index in [1.807, 2.05) is 39.0 Å². The molecule has 3 aromatic rings. The van der Waals surface area contributed by atoms with Crippen LogP contribution in [0.3, 0.4) is 0 Å². The summed E-state index contributed by atoms with van der Waals surface area (Å²) in [6, 6.07) is 8.37. The Morgan fingerprint density at radius 3 is 2.53 bits per heavy atom. The van der Waals surface area contributed by atoms with Crippen molar-refractivity contribution in [2.24, 2.45) is 0 Å². The maximum absolute atomic E-state index is 13.7. The Bertz CT molecular complexity index is 1280. The molecule has 0 saturated carbocycles. The van der Waals surface area contributed by atoms with E-state index in [4.69, 9.17) is 25.5 Å². The maximum atomic E-state index is 13.7. The van der Waals surface area contributed by atoms with Gasteiger partial charge < -0.3 is 18.8 Å². The summed E-state index contributed by atoms with van der Waals surface area (Å²) < 4.78 is 17.8. The van der Waals surface area contributed by atoms with Crippen LogP contribution in [0, 0.1) is 6.92 Å². The summed E-state index contributed by atoms with van der Waals surface area (Å²) in [6.45, 7) is 9.40. The minimum absolute atomic E-state index is 0.0962. The highest BCUT2D eigenvalue weighted by Crippen LogP contribution is 2.41. The van der Waals surface area contributed by atoms with E-state index < -0.39 is 6.04 Å². The summed E-state index contributed by atoms with van der Waals surface area (Å²) in [5.41, 5.74) is 2.02. The Labute approximate surface area is 204 Å². The van der Waals surface area contributed by atoms with Crippen molar-refractivity contribution in [1.29, 1.82) is 0 Å². The zero-order valence-corrected chi connectivity index (χ0v) is 20.8. The molecule has 34 heavy (non-hydrogen) atoms. The van der Waals surface area contributed by atoms with E-state index in [1.54, 1.807) is 17.0 Å². The van der Waals surface area contributed by atoms with Crippen LogP contribution in [0.1, 0.15) is 73.3 Å². The number of rotatable bonds is 9. The molecule has 2 aromatic carbocycles. The van der Waals surface area contributed by atoms with Crippen molar-refractivity contribution < 1.29 is 18.7 Å². The topological polar surface area (TPSA) is 69.0 Å². The summed E-state index contributed by atoms with van der Waals surface area (Å²) in [7, 11) is 0. The van der Waals surface area contributed by atoms with E-state index in [1.165, 1.54) is 0 Å². The Hall–Kier alpha value is -2.99. The molecule has 180 valence electrons.